The third kappa shape index (κ3) is 1.43. The minimum atomic E-state index is -0.0350. The van der Waals surface area contributed by atoms with Gasteiger partial charge in [-0.1, -0.05) is 5.21 Å². The molecule has 0 radical (unpaired) electrons. The van der Waals surface area contributed by atoms with E-state index in [1.54, 1.807) is 7.05 Å². The molecule has 1 aromatic heterocycles. The largest absolute Gasteiger partial charge is 0.378 e. The summed E-state index contributed by atoms with van der Waals surface area (Å²) in [5, 5.41) is 7.43. The van der Waals surface area contributed by atoms with Crippen molar-refractivity contribution in [1.29, 1.82) is 0 Å². The summed E-state index contributed by atoms with van der Waals surface area (Å²) in [5.74, 6) is 0.0506. The molecule has 1 fully saturated rings. The molecule has 5 heteroatoms. The van der Waals surface area contributed by atoms with E-state index < -0.39 is 0 Å². The standard InChI is InChI=1S/C9H13N3O2/c1-6-7(3-4-14-6)9(13)8-5-10-11-12(8)2/h5-7H,3-4H2,1-2H3. The fraction of sp³-hybridized carbons (Fsp3) is 0.667. The van der Waals surface area contributed by atoms with E-state index in [1.807, 2.05) is 6.92 Å². The molecule has 2 heterocycles. The Kier molecular flexibility index (Phi) is 2.33. The van der Waals surface area contributed by atoms with E-state index >= 15 is 0 Å². The summed E-state index contributed by atoms with van der Waals surface area (Å²) in [4.78, 5) is 12.0. The first kappa shape index (κ1) is 9.33. The molecule has 0 spiro atoms. The SMILES string of the molecule is CC1OCCC1C(=O)c1cnnn1C. The molecule has 5 nitrogen and oxygen atoms in total. The maximum atomic E-state index is 12.0. The van der Waals surface area contributed by atoms with E-state index in [1.165, 1.54) is 10.9 Å². The summed E-state index contributed by atoms with van der Waals surface area (Å²) in [6, 6.07) is 0. The summed E-state index contributed by atoms with van der Waals surface area (Å²) >= 11 is 0. The number of Topliss-reactive ketones (excluding diaryl/α,β-unsaturated/α-hetero) is 1. The van der Waals surface area contributed by atoms with Crippen LogP contribution in [0.4, 0.5) is 0 Å². The Morgan fingerprint density at radius 2 is 2.50 bits per heavy atom. The molecule has 76 valence electrons. The highest BCUT2D eigenvalue weighted by Gasteiger charge is 2.32. The van der Waals surface area contributed by atoms with Gasteiger partial charge < -0.3 is 4.74 Å². The molecule has 0 saturated carbocycles. The second-order valence-corrected chi connectivity index (χ2v) is 3.58. The molecule has 1 aliphatic rings. The van der Waals surface area contributed by atoms with Gasteiger partial charge >= 0.3 is 0 Å². The summed E-state index contributed by atoms with van der Waals surface area (Å²) in [5.41, 5.74) is 0.562. The highest BCUT2D eigenvalue weighted by Crippen LogP contribution is 2.23. The van der Waals surface area contributed by atoms with Gasteiger partial charge in [0.25, 0.3) is 0 Å². The van der Waals surface area contributed by atoms with Gasteiger partial charge in [0.1, 0.15) is 5.69 Å². The van der Waals surface area contributed by atoms with Crippen molar-refractivity contribution in [2.24, 2.45) is 13.0 Å². The third-order valence-corrected chi connectivity index (χ3v) is 2.68. The van der Waals surface area contributed by atoms with Crippen LogP contribution in [0.1, 0.15) is 23.8 Å². The molecule has 0 aromatic carbocycles. The number of hydrogen-bond acceptors (Lipinski definition) is 4. The molecule has 0 bridgehead atoms. The minimum absolute atomic E-state index is 0.0115. The van der Waals surface area contributed by atoms with E-state index in [2.05, 4.69) is 10.3 Å². The van der Waals surface area contributed by atoms with Crippen LogP contribution in [0.5, 0.6) is 0 Å². The first-order valence-corrected chi connectivity index (χ1v) is 4.70. The predicted molar refractivity (Wildman–Crippen MR) is 48.9 cm³/mol. The van der Waals surface area contributed by atoms with Crippen molar-refractivity contribution in [2.45, 2.75) is 19.4 Å². The maximum Gasteiger partial charge on any atom is 0.188 e. The Balaban J connectivity index is 2.20. The first-order chi connectivity index (χ1) is 6.70. The van der Waals surface area contributed by atoms with Crippen molar-refractivity contribution in [3.8, 4) is 0 Å². The van der Waals surface area contributed by atoms with E-state index in [0.717, 1.165) is 6.42 Å². The minimum Gasteiger partial charge on any atom is -0.378 e. The molecule has 2 unspecified atom stereocenters. The van der Waals surface area contributed by atoms with Crippen LogP contribution < -0.4 is 0 Å². The molecule has 0 aliphatic carbocycles. The van der Waals surface area contributed by atoms with Crippen molar-refractivity contribution >= 4 is 5.78 Å². The molecule has 0 amide bonds. The van der Waals surface area contributed by atoms with Gasteiger partial charge in [-0.3, -0.25) is 4.79 Å². The van der Waals surface area contributed by atoms with Gasteiger partial charge in [-0.05, 0) is 13.3 Å². The number of ether oxygens (including phenoxy) is 1. The number of ketones is 1. The quantitative estimate of drug-likeness (QED) is 0.642. The van der Waals surface area contributed by atoms with Crippen LogP contribution in [0.25, 0.3) is 0 Å². The Bertz CT molecular complexity index is 348. The fourth-order valence-corrected chi connectivity index (χ4v) is 1.78. The molecule has 2 atom stereocenters. The van der Waals surface area contributed by atoms with Gasteiger partial charge in [0.2, 0.25) is 0 Å². The van der Waals surface area contributed by atoms with Crippen LogP contribution >= 0.6 is 0 Å². The van der Waals surface area contributed by atoms with Crippen LogP contribution in [-0.2, 0) is 11.8 Å². The molecular weight excluding hydrogens is 182 g/mol. The normalized spacial score (nSPS) is 26.7. The van der Waals surface area contributed by atoms with Gasteiger partial charge in [-0.2, -0.15) is 0 Å². The maximum absolute atomic E-state index is 12.0. The fourth-order valence-electron chi connectivity index (χ4n) is 1.78. The molecule has 2 rings (SSSR count). The van der Waals surface area contributed by atoms with Crippen LogP contribution in [0.3, 0.4) is 0 Å². The Morgan fingerprint density at radius 1 is 1.71 bits per heavy atom. The highest BCUT2D eigenvalue weighted by atomic mass is 16.5. The third-order valence-electron chi connectivity index (χ3n) is 2.68. The Labute approximate surface area is 82.1 Å². The number of carbonyl (C=O) groups excluding carboxylic acids is 1. The molecule has 1 saturated heterocycles. The van der Waals surface area contributed by atoms with Gasteiger partial charge in [0.05, 0.1) is 18.2 Å². The molecule has 1 aliphatic heterocycles. The monoisotopic (exact) mass is 195 g/mol. The number of rotatable bonds is 2. The van der Waals surface area contributed by atoms with E-state index in [-0.39, 0.29) is 17.8 Å². The summed E-state index contributed by atoms with van der Waals surface area (Å²) in [6.45, 7) is 2.60. The predicted octanol–water partition coefficient (Wildman–Crippen LogP) is 0.423. The zero-order chi connectivity index (χ0) is 10.1. The van der Waals surface area contributed by atoms with Crippen LogP contribution in [0.2, 0.25) is 0 Å². The van der Waals surface area contributed by atoms with Crippen LogP contribution in [0.15, 0.2) is 6.20 Å². The topological polar surface area (TPSA) is 57.0 Å². The average molecular weight is 195 g/mol. The zero-order valence-electron chi connectivity index (χ0n) is 8.30. The summed E-state index contributed by atoms with van der Waals surface area (Å²) in [6.07, 6.45) is 2.32. The Hall–Kier alpha value is -1.23. The van der Waals surface area contributed by atoms with E-state index in [0.29, 0.717) is 12.3 Å². The van der Waals surface area contributed by atoms with Crippen molar-refractivity contribution in [1.82, 2.24) is 15.0 Å². The number of hydrogen-bond donors (Lipinski definition) is 0. The average Bonchev–Trinajstić information content (AvgIpc) is 2.73. The lowest BCUT2D eigenvalue weighted by molar-refractivity contribution is 0.0756. The molecular formula is C9H13N3O2. The van der Waals surface area contributed by atoms with Crippen molar-refractivity contribution in [3.63, 3.8) is 0 Å². The lowest BCUT2D eigenvalue weighted by Gasteiger charge is -2.11. The smallest absolute Gasteiger partial charge is 0.188 e. The Morgan fingerprint density at radius 3 is 3.00 bits per heavy atom. The lowest BCUT2D eigenvalue weighted by atomic mass is 9.96. The van der Waals surface area contributed by atoms with Crippen LogP contribution in [-0.4, -0.2) is 33.5 Å². The molecule has 1 aromatic rings. The number of aromatic nitrogens is 3. The lowest BCUT2D eigenvalue weighted by Crippen LogP contribution is -2.23. The van der Waals surface area contributed by atoms with E-state index in [4.69, 9.17) is 4.74 Å². The van der Waals surface area contributed by atoms with Gasteiger partial charge in [0.15, 0.2) is 5.78 Å². The second kappa shape index (κ2) is 3.49. The van der Waals surface area contributed by atoms with Crippen molar-refractivity contribution in [2.75, 3.05) is 6.61 Å². The van der Waals surface area contributed by atoms with Gasteiger partial charge in [0, 0.05) is 13.7 Å². The first-order valence-electron chi connectivity index (χ1n) is 4.70. The summed E-state index contributed by atoms with van der Waals surface area (Å²) < 4.78 is 6.86. The number of nitrogens with zero attached hydrogens (tertiary/aromatic N) is 3. The van der Waals surface area contributed by atoms with E-state index in [9.17, 15) is 4.79 Å². The summed E-state index contributed by atoms with van der Waals surface area (Å²) in [7, 11) is 1.72. The molecule has 14 heavy (non-hydrogen) atoms. The molecule has 0 N–H and O–H groups in total. The highest BCUT2D eigenvalue weighted by molar-refractivity contribution is 5.96. The van der Waals surface area contributed by atoms with Gasteiger partial charge in [-0.25, -0.2) is 4.68 Å². The second-order valence-electron chi connectivity index (χ2n) is 3.58. The zero-order valence-corrected chi connectivity index (χ0v) is 8.30. The van der Waals surface area contributed by atoms with Crippen molar-refractivity contribution < 1.29 is 9.53 Å². The van der Waals surface area contributed by atoms with Crippen molar-refractivity contribution in [3.05, 3.63) is 11.9 Å². The van der Waals surface area contributed by atoms with Gasteiger partial charge in [-0.15, -0.1) is 5.10 Å². The number of aryl methyl sites for hydroxylation is 1. The number of carbonyl (C=O) groups is 1. The van der Waals surface area contributed by atoms with Crippen LogP contribution in [0, 0.1) is 5.92 Å².